The second-order valence-corrected chi connectivity index (χ2v) is 13.7. The molecule has 0 aliphatic rings. The summed E-state index contributed by atoms with van der Waals surface area (Å²) in [4.78, 5) is 8.01. The van der Waals surface area contributed by atoms with Crippen molar-refractivity contribution in [2.24, 2.45) is 0 Å². The van der Waals surface area contributed by atoms with Crippen LogP contribution in [0.1, 0.15) is 0 Å². The van der Waals surface area contributed by atoms with Gasteiger partial charge in [-0.05, 0) is 93.3 Å². The zero-order chi connectivity index (χ0) is 25.1. The predicted octanol–water partition coefficient (Wildman–Crippen LogP) is 12.1. The molecule has 4 aromatic heterocycles. The molecule has 0 aliphatic carbocycles. The van der Waals surface area contributed by atoms with Gasteiger partial charge in [0.1, 0.15) is 0 Å². The first kappa shape index (κ1) is 22.4. The molecule has 0 N–H and O–H groups in total. The van der Waals surface area contributed by atoms with Crippen LogP contribution < -0.4 is 0 Å². The molecule has 0 aliphatic heterocycles. The van der Waals surface area contributed by atoms with E-state index >= 15 is 0 Å². The van der Waals surface area contributed by atoms with Crippen LogP contribution in [0.3, 0.4) is 0 Å². The summed E-state index contributed by atoms with van der Waals surface area (Å²) in [7, 11) is 0. The van der Waals surface area contributed by atoms with E-state index in [0.717, 1.165) is 0 Å². The lowest BCUT2D eigenvalue weighted by Gasteiger charge is -1.99. The Bertz CT molecular complexity index is 1850. The molecule has 0 nitrogen and oxygen atoms in total. The third kappa shape index (κ3) is 3.93. The van der Waals surface area contributed by atoms with E-state index in [4.69, 9.17) is 0 Å². The molecule has 0 saturated heterocycles. The van der Waals surface area contributed by atoms with E-state index in [1.165, 1.54) is 71.3 Å². The first-order chi connectivity index (χ1) is 18.8. The monoisotopic (exact) mass is 556 g/mol. The lowest BCUT2D eigenvalue weighted by molar-refractivity contribution is 1.70. The summed E-state index contributed by atoms with van der Waals surface area (Å²) in [5.41, 5.74) is 2.57. The highest BCUT2D eigenvalue weighted by molar-refractivity contribution is 7.27. The van der Waals surface area contributed by atoms with E-state index in [0.29, 0.717) is 0 Å². The minimum atomic E-state index is 1.29. The molecule has 0 unspecified atom stereocenters. The topological polar surface area (TPSA) is 0 Å². The van der Waals surface area contributed by atoms with Crippen LogP contribution in [0.4, 0.5) is 0 Å². The number of hydrogen-bond donors (Lipinski definition) is 0. The Morgan fingerprint density at radius 1 is 0.289 bits per heavy atom. The average molecular weight is 557 g/mol. The van der Waals surface area contributed by atoms with Gasteiger partial charge in [-0.1, -0.05) is 60.7 Å². The molecule has 4 aromatic carbocycles. The van der Waals surface area contributed by atoms with Gasteiger partial charge in [0.05, 0.1) is 0 Å². The molecular weight excluding hydrogens is 537 g/mol. The van der Waals surface area contributed by atoms with Gasteiger partial charge in [0.2, 0.25) is 0 Å². The van der Waals surface area contributed by atoms with E-state index < -0.39 is 0 Å². The van der Waals surface area contributed by atoms with E-state index in [1.54, 1.807) is 0 Å². The highest BCUT2D eigenvalue weighted by Crippen LogP contribution is 2.44. The summed E-state index contributed by atoms with van der Waals surface area (Å²) in [6.45, 7) is 0. The van der Waals surface area contributed by atoms with Crippen LogP contribution >= 0.6 is 45.3 Å². The summed E-state index contributed by atoms with van der Waals surface area (Å²) in [6.07, 6.45) is 0. The van der Waals surface area contributed by atoms with Crippen LogP contribution in [0, 0.1) is 0 Å². The van der Waals surface area contributed by atoms with Crippen LogP contribution in [0.5, 0.6) is 0 Å². The lowest BCUT2D eigenvalue weighted by atomic mass is 10.1. The van der Waals surface area contributed by atoms with Crippen LogP contribution in [-0.4, -0.2) is 0 Å². The van der Waals surface area contributed by atoms with E-state index in [1.807, 2.05) is 45.3 Å². The Labute approximate surface area is 236 Å². The minimum Gasteiger partial charge on any atom is -0.134 e. The fourth-order valence-corrected chi connectivity index (χ4v) is 9.39. The standard InChI is InChI=1S/C34H20S4/c1-3-7-21(8-4-1)27-11-13-29(35-27)33-19-25-15-23-18-32-26(16-24(23)17-31(25)37-33)20-34(38-32)30-14-12-28(36-30)22-9-5-2-6-10-22/h1-20H. The van der Waals surface area contributed by atoms with Gasteiger partial charge in [0.15, 0.2) is 0 Å². The molecule has 0 bridgehead atoms. The Balaban J connectivity index is 1.15. The third-order valence-electron chi connectivity index (χ3n) is 6.92. The van der Waals surface area contributed by atoms with Crippen molar-refractivity contribution in [3.63, 3.8) is 0 Å². The van der Waals surface area contributed by atoms with E-state index in [-0.39, 0.29) is 0 Å². The second-order valence-electron chi connectivity index (χ2n) is 9.41. The molecule has 8 aromatic rings. The smallest absolute Gasteiger partial charge is 0.0455 e. The Morgan fingerprint density at radius 2 is 0.711 bits per heavy atom. The van der Waals surface area contributed by atoms with E-state index in [9.17, 15) is 0 Å². The van der Waals surface area contributed by atoms with Crippen molar-refractivity contribution in [2.75, 3.05) is 0 Å². The fourth-order valence-electron chi connectivity index (χ4n) is 5.02. The largest absolute Gasteiger partial charge is 0.134 e. The van der Waals surface area contributed by atoms with E-state index in [2.05, 4.69) is 121 Å². The second kappa shape index (κ2) is 9.04. The average Bonchev–Trinajstić information content (AvgIpc) is 3.76. The predicted molar refractivity (Wildman–Crippen MR) is 172 cm³/mol. The molecule has 8 rings (SSSR count). The van der Waals surface area contributed by atoms with Gasteiger partial charge in [-0.25, -0.2) is 0 Å². The van der Waals surface area contributed by atoms with Crippen molar-refractivity contribution in [2.45, 2.75) is 0 Å². The van der Waals surface area contributed by atoms with Crippen LogP contribution in [-0.2, 0) is 0 Å². The maximum absolute atomic E-state index is 2.37. The van der Waals surface area contributed by atoms with Crippen molar-refractivity contribution in [3.05, 3.63) is 121 Å². The molecule has 0 spiro atoms. The van der Waals surface area contributed by atoms with Crippen molar-refractivity contribution in [1.82, 2.24) is 0 Å². The molecule has 0 fully saturated rings. The molecule has 0 atom stereocenters. The van der Waals surface area contributed by atoms with Crippen LogP contribution in [0.25, 0.3) is 71.3 Å². The minimum absolute atomic E-state index is 1.29. The Hall–Kier alpha value is -3.54. The van der Waals surface area contributed by atoms with Gasteiger partial charge in [-0.3, -0.25) is 0 Å². The maximum atomic E-state index is 2.37. The Morgan fingerprint density at radius 3 is 1.16 bits per heavy atom. The molecule has 4 heteroatoms. The summed E-state index contributed by atoms with van der Waals surface area (Å²) >= 11 is 7.54. The number of fused-ring (bicyclic) bond motifs is 3. The summed E-state index contributed by atoms with van der Waals surface area (Å²) in [5, 5.41) is 5.29. The first-order valence-corrected chi connectivity index (χ1v) is 15.8. The van der Waals surface area contributed by atoms with Crippen molar-refractivity contribution >= 4 is 76.3 Å². The SMILES string of the molecule is c1ccc(-c2ccc(-c3cc4cc5cc6sc(-c7ccc(-c8ccccc8)s7)cc6cc5cc4s3)s2)cc1. The van der Waals surface area contributed by atoms with Gasteiger partial charge in [-0.15, -0.1) is 45.3 Å². The third-order valence-corrected chi connectivity index (χ3v) is 11.8. The normalized spacial score (nSPS) is 11.7. The number of thiophene rings is 4. The summed E-state index contributed by atoms with van der Waals surface area (Å²) < 4.78 is 2.70. The summed E-state index contributed by atoms with van der Waals surface area (Å²) in [6, 6.07) is 44.6. The molecule has 0 amide bonds. The van der Waals surface area contributed by atoms with Gasteiger partial charge < -0.3 is 0 Å². The van der Waals surface area contributed by atoms with Gasteiger partial charge >= 0.3 is 0 Å². The molecule has 38 heavy (non-hydrogen) atoms. The highest BCUT2D eigenvalue weighted by atomic mass is 32.1. The van der Waals surface area contributed by atoms with Crippen LogP contribution in [0.2, 0.25) is 0 Å². The first-order valence-electron chi connectivity index (χ1n) is 12.5. The zero-order valence-electron chi connectivity index (χ0n) is 20.2. The number of rotatable bonds is 4. The highest BCUT2D eigenvalue weighted by Gasteiger charge is 2.12. The molecule has 4 heterocycles. The lowest BCUT2D eigenvalue weighted by Crippen LogP contribution is -1.72. The molecule has 180 valence electrons. The maximum Gasteiger partial charge on any atom is 0.0455 e. The van der Waals surface area contributed by atoms with Crippen LogP contribution in [0.15, 0.2) is 121 Å². The zero-order valence-corrected chi connectivity index (χ0v) is 23.4. The van der Waals surface area contributed by atoms with Gasteiger partial charge in [-0.2, -0.15) is 0 Å². The fraction of sp³-hybridized carbons (Fsp3) is 0. The quantitative estimate of drug-likeness (QED) is 0.202. The van der Waals surface area contributed by atoms with Gasteiger partial charge in [0, 0.05) is 38.7 Å². The van der Waals surface area contributed by atoms with Crippen molar-refractivity contribution < 1.29 is 0 Å². The number of hydrogen-bond acceptors (Lipinski definition) is 4. The van der Waals surface area contributed by atoms with Crippen molar-refractivity contribution in [3.8, 4) is 40.4 Å². The molecular formula is C34H20S4. The van der Waals surface area contributed by atoms with Crippen molar-refractivity contribution in [1.29, 1.82) is 0 Å². The van der Waals surface area contributed by atoms with Gasteiger partial charge in [0.25, 0.3) is 0 Å². The number of benzene rings is 4. The Kier molecular flexibility index (Phi) is 5.34. The molecule has 0 saturated carbocycles. The molecule has 0 radical (unpaired) electrons. The summed E-state index contributed by atoms with van der Waals surface area (Å²) in [5.74, 6) is 0.